The molecule has 1 fully saturated rings. The van der Waals surface area contributed by atoms with Gasteiger partial charge in [0.15, 0.2) is 0 Å². The van der Waals surface area contributed by atoms with Crippen LogP contribution < -0.4 is 11.3 Å². The summed E-state index contributed by atoms with van der Waals surface area (Å²) in [6.07, 6.45) is 3.08. The normalized spacial score (nSPS) is 23.5. The van der Waals surface area contributed by atoms with E-state index in [0.29, 0.717) is 24.9 Å². The summed E-state index contributed by atoms with van der Waals surface area (Å²) < 4.78 is 2.03. The van der Waals surface area contributed by atoms with E-state index < -0.39 is 6.04 Å². The minimum absolute atomic E-state index is 0. The number of rotatable bonds is 5. The van der Waals surface area contributed by atoms with Gasteiger partial charge in [0, 0.05) is 36.8 Å². The van der Waals surface area contributed by atoms with Gasteiger partial charge < -0.3 is 15.2 Å². The number of nitrogens with two attached hydrogens (primary N) is 1. The molecule has 3 heterocycles. The van der Waals surface area contributed by atoms with Gasteiger partial charge in [-0.1, -0.05) is 50.2 Å². The van der Waals surface area contributed by atoms with E-state index in [-0.39, 0.29) is 35.8 Å². The van der Waals surface area contributed by atoms with E-state index in [1.54, 1.807) is 6.07 Å². The molecular weight excluding hydrogens is 398 g/mol. The van der Waals surface area contributed by atoms with Gasteiger partial charge in [-0.15, -0.1) is 12.4 Å². The molecule has 2 aromatic rings. The maximum Gasteiger partial charge on any atom is 0.250 e. The average molecular weight is 430 g/mol. The Morgan fingerprint density at radius 3 is 2.53 bits per heavy atom. The van der Waals surface area contributed by atoms with Crippen molar-refractivity contribution in [2.45, 2.75) is 51.1 Å². The van der Waals surface area contributed by atoms with Crippen molar-refractivity contribution in [3.8, 4) is 0 Å². The monoisotopic (exact) mass is 429 g/mol. The highest BCUT2D eigenvalue weighted by atomic mass is 35.5. The minimum atomic E-state index is -0.637. The molecule has 5 nitrogen and oxygen atoms in total. The minimum Gasteiger partial charge on any atom is -0.340 e. The first-order valence-electron chi connectivity index (χ1n) is 10.8. The summed E-state index contributed by atoms with van der Waals surface area (Å²) in [4.78, 5) is 27.9. The number of piperidine rings is 1. The van der Waals surface area contributed by atoms with E-state index in [9.17, 15) is 9.59 Å². The van der Waals surface area contributed by atoms with Crippen molar-refractivity contribution < 1.29 is 4.79 Å². The van der Waals surface area contributed by atoms with Gasteiger partial charge in [0.1, 0.15) is 6.04 Å². The van der Waals surface area contributed by atoms with Gasteiger partial charge in [-0.25, -0.2) is 0 Å². The lowest BCUT2D eigenvalue weighted by molar-refractivity contribution is -0.136. The van der Waals surface area contributed by atoms with Crippen LogP contribution in [0.1, 0.15) is 62.4 Å². The van der Waals surface area contributed by atoms with Crippen LogP contribution in [-0.4, -0.2) is 28.5 Å². The van der Waals surface area contributed by atoms with Gasteiger partial charge in [-0.2, -0.15) is 0 Å². The van der Waals surface area contributed by atoms with Crippen molar-refractivity contribution >= 4 is 18.3 Å². The molecule has 2 bridgehead atoms. The summed E-state index contributed by atoms with van der Waals surface area (Å²) in [6.45, 7) is 5.75. The number of pyridine rings is 1. The van der Waals surface area contributed by atoms with Gasteiger partial charge in [0.25, 0.3) is 5.56 Å². The van der Waals surface area contributed by atoms with E-state index in [1.807, 2.05) is 45.9 Å². The van der Waals surface area contributed by atoms with Crippen LogP contribution >= 0.6 is 12.4 Å². The highest BCUT2D eigenvalue weighted by Gasteiger charge is 2.42. The fraction of sp³-hybridized carbons (Fsp3) is 0.500. The second kappa shape index (κ2) is 9.36. The summed E-state index contributed by atoms with van der Waals surface area (Å²) in [5, 5.41) is 0. The predicted molar refractivity (Wildman–Crippen MR) is 122 cm³/mol. The molecule has 1 amide bonds. The molecule has 1 aromatic carbocycles. The first kappa shape index (κ1) is 22.6. The van der Waals surface area contributed by atoms with Crippen LogP contribution in [0.3, 0.4) is 0 Å². The van der Waals surface area contributed by atoms with Crippen molar-refractivity contribution in [2.24, 2.45) is 17.6 Å². The Hall–Kier alpha value is -2.11. The maximum absolute atomic E-state index is 13.2. The molecule has 6 heteroatoms. The van der Waals surface area contributed by atoms with Crippen LogP contribution in [0, 0.1) is 11.8 Å². The summed E-state index contributed by atoms with van der Waals surface area (Å²) >= 11 is 0. The molecule has 4 rings (SSSR count). The van der Waals surface area contributed by atoms with Crippen LogP contribution in [-0.2, 0) is 4.79 Å². The fourth-order valence-corrected chi connectivity index (χ4v) is 5.10. The second-order valence-electron chi connectivity index (χ2n) is 9.02. The molecule has 0 unspecified atom stereocenters. The van der Waals surface area contributed by atoms with Gasteiger partial charge in [-0.05, 0) is 42.7 Å². The van der Waals surface area contributed by atoms with Gasteiger partial charge in [0.05, 0.1) is 0 Å². The number of hydrogen-bond acceptors (Lipinski definition) is 3. The zero-order valence-electron chi connectivity index (χ0n) is 17.7. The number of aromatic nitrogens is 1. The first-order chi connectivity index (χ1) is 14.0. The quantitative estimate of drug-likeness (QED) is 0.783. The van der Waals surface area contributed by atoms with Gasteiger partial charge in [0.2, 0.25) is 5.91 Å². The van der Waals surface area contributed by atoms with E-state index in [4.69, 9.17) is 5.73 Å². The smallest absolute Gasteiger partial charge is 0.250 e. The molecule has 2 N–H and O–H groups in total. The Labute approximate surface area is 184 Å². The lowest BCUT2D eigenvalue weighted by Crippen LogP contribution is -2.52. The third-order valence-electron chi connectivity index (χ3n) is 6.57. The Balaban J connectivity index is 0.00000256. The van der Waals surface area contributed by atoms with Crippen molar-refractivity contribution in [2.75, 3.05) is 13.1 Å². The van der Waals surface area contributed by atoms with Crippen molar-refractivity contribution in [3.05, 3.63) is 70.1 Å². The molecule has 1 aromatic heterocycles. The molecule has 0 saturated carbocycles. The fourth-order valence-electron chi connectivity index (χ4n) is 5.10. The van der Waals surface area contributed by atoms with Crippen molar-refractivity contribution in [1.29, 1.82) is 0 Å². The Bertz CT molecular complexity index is 928. The third kappa shape index (κ3) is 4.33. The van der Waals surface area contributed by atoms with E-state index in [1.165, 1.54) is 0 Å². The largest absolute Gasteiger partial charge is 0.340 e. The SMILES string of the molecule is CC(C)CC[C@H]1[C@H]2C[C@H](CN(C(=O)[C@H](N)c3ccccc3)C2)c2cccc(=O)n21.Cl. The van der Waals surface area contributed by atoms with Gasteiger partial charge in [-0.3, -0.25) is 9.59 Å². The number of halogens is 1. The topological polar surface area (TPSA) is 68.3 Å². The average Bonchev–Trinajstić information content (AvgIpc) is 2.73. The number of benzene rings is 1. The van der Waals surface area contributed by atoms with Crippen LogP contribution in [0.15, 0.2) is 53.3 Å². The lowest BCUT2D eigenvalue weighted by Gasteiger charge is -2.47. The summed E-state index contributed by atoms with van der Waals surface area (Å²) in [7, 11) is 0. The van der Waals surface area contributed by atoms with E-state index in [0.717, 1.165) is 30.5 Å². The molecule has 4 atom stereocenters. The number of carbonyl (C=O) groups excluding carboxylic acids is 1. The maximum atomic E-state index is 13.2. The molecule has 2 aliphatic heterocycles. The number of fused-ring (bicyclic) bond motifs is 4. The molecule has 0 radical (unpaired) electrons. The summed E-state index contributed by atoms with van der Waals surface area (Å²) in [6, 6.07) is 14.7. The van der Waals surface area contributed by atoms with Crippen LogP contribution in [0.25, 0.3) is 0 Å². The first-order valence-corrected chi connectivity index (χ1v) is 10.8. The number of likely N-dealkylation sites (tertiary alicyclic amines) is 1. The number of amides is 1. The summed E-state index contributed by atoms with van der Waals surface area (Å²) in [5.41, 5.74) is 8.34. The van der Waals surface area contributed by atoms with Crippen molar-refractivity contribution in [3.63, 3.8) is 0 Å². The zero-order chi connectivity index (χ0) is 20.5. The standard InChI is InChI=1S/C24H31N3O2.ClH/c1-16(2)11-12-21-19-13-18(20-9-6-10-22(28)27(20)21)14-26(15-19)24(29)23(25)17-7-4-3-5-8-17;/h3-10,16,18-19,21,23H,11-15,25H2,1-2H3;1H/t18-,19+,21+,23-;/m1./s1. The number of nitrogens with zero attached hydrogens (tertiary/aromatic N) is 2. The molecule has 0 aliphatic carbocycles. The number of hydrogen-bond donors (Lipinski definition) is 1. The summed E-state index contributed by atoms with van der Waals surface area (Å²) in [5.74, 6) is 1.07. The molecule has 0 spiro atoms. The number of carbonyl (C=O) groups is 1. The Morgan fingerprint density at radius 2 is 1.83 bits per heavy atom. The van der Waals surface area contributed by atoms with Crippen LogP contribution in [0.5, 0.6) is 0 Å². The highest BCUT2D eigenvalue weighted by Crippen LogP contribution is 2.43. The molecule has 162 valence electrons. The second-order valence-corrected chi connectivity index (χ2v) is 9.02. The molecular formula is C24H32ClN3O2. The highest BCUT2D eigenvalue weighted by molar-refractivity contribution is 5.85. The van der Waals surface area contributed by atoms with Crippen LogP contribution in [0.2, 0.25) is 0 Å². The predicted octanol–water partition coefficient (Wildman–Crippen LogP) is 3.89. The van der Waals surface area contributed by atoms with Crippen LogP contribution in [0.4, 0.5) is 0 Å². The van der Waals surface area contributed by atoms with E-state index in [2.05, 4.69) is 19.9 Å². The van der Waals surface area contributed by atoms with Gasteiger partial charge >= 0.3 is 0 Å². The molecule has 1 saturated heterocycles. The molecule has 30 heavy (non-hydrogen) atoms. The van der Waals surface area contributed by atoms with E-state index >= 15 is 0 Å². The molecule has 2 aliphatic rings. The Kier molecular flexibility index (Phi) is 7.04. The Morgan fingerprint density at radius 1 is 1.10 bits per heavy atom. The zero-order valence-corrected chi connectivity index (χ0v) is 18.6. The third-order valence-corrected chi connectivity index (χ3v) is 6.57. The lowest BCUT2D eigenvalue weighted by atomic mass is 9.76. The van der Waals surface area contributed by atoms with Crippen molar-refractivity contribution in [1.82, 2.24) is 9.47 Å².